The number of hydrogen-bond acceptors (Lipinski definition) is 4. The number of rotatable bonds is 4. The van der Waals surface area contributed by atoms with E-state index in [-0.39, 0.29) is 12.4 Å². The first kappa shape index (κ1) is 13.9. The SMILES string of the molecule is COc1cccc(COC(=O)c2ccc(C)c(O)c2)c1. The first-order valence-electron chi connectivity index (χ1n) is 6.20. The molecule has 0 spiro atoms. The van der Waals surface area contributed by atoms with Gasteiger partial charge in [-0.05, 0) is 42.3 Å². The van der Waals surface area contributed by atoms with Crippen molar-refractivity contribution in [2.45, 2.75) is 13.5 Å². The Bertz CT molecular complexity index is 620. The van der Waals surface area contributed by atoms with E-state index in [0.717, 1.165) is 5.56 Å². The number of hydrogen-bond donors (Lipinski definition) is 1. The minimum absolute atomic E-state index is 0.0841. The average molecular weight is 272 g/mol. The van der Waals surface area contributed by atoms with Crippen LogP contribution >= 0.6 is 0 Å². The van der Waals surface area contributed by atoms with Crippen LogP contribution < -0.4 is 4.74 Å². The number of carbonyl (C=O) groups is 1. The van der Waals surface area contributed by atoms with E-state index in [9.17, 15) is 9.90 Å². The highest BCUT2D eigenvalue weighted by atomic mass is 16.5. The van der Waals surface area contributed by atoms with E-state index >= 15 is 0 Å². The molecule has 2 aromatic carbocycles. The number of carbonyl (C=O) groups excluding carboxylic acids is 1. The quantitative estimate of drug-likeness (QED) is 0.869. The average Bonchev–Trinajstić information content (AvgIpc) is 2.47. The lowest BCUT2D eigenvalue weighted by Gasteiger charge is -2.07. The number of aromatic hydroxyl groups is 1. The van der Waals surface area contributed by atoms with Crippen molar-refractivity contribution in [2.24, 2.45) is 0 Å². The minimum Gasteiger partial charge on any atom is -0.508 e. The van der Waals surface area contributed by atoms with Crippen molar-refractivity contribution in [2.75, 3.05) is 7.11 Å². The Morgan fingerprint density at radius 1 is 1.20 bits per heavy atom. The van der Waals surface area contributed by atoms with Gasteiger partial charge in [0.2, 0.25) is 0 Å². The summed E-state index contributed by atoms with van der Waals surface area (Å²) in [6.07, 6.45) is 0. The molecule has 0 fully saturated rings. The fraction of sp³-hybridized carbons (Fsp3) is 0.188. The highest BCUT2D eigenvalue weighted by Gasteiger charge is 2.09. The zero-order valence-electron chi connectivity index (χ0n) is 11.4. The van der Waals surface area contributed by atoms with Gasteiger partial charge in [-0.25, -0.2) is 4.79 Å². The van der Waals surface area contributed by atoms with Gasteiger partial charge in [0.05, 0.1) is 12.7 Å². The van der Waals surface area contributed by atoms with Crippen molar-refractivity contribution < 1.29 is 19.4 Å². The second kappa shape index (κ2) is 6.10. The zero-order chi connectivity index (χ0) is 14.5. The van der Waals surface area contributed by atoms with Gasteiger partial charge in [-0.2, -0.15) is 0 Å². The summed E-state index contributed by atoms with van der Waals surface area (Å²) in [5.74, 6) is 0.329. The molecule has 4 nitrogen and oxygen atoms in total. The molecule has 0 aromatic heterocycles. The molecule has 0 aliphatic carbocycles. The third-order valence-corrected chi connectivity index (χ3v) is 2.95. The van der Waals surface area contributed by atoms with Crippen LogP contribution in [-0.4, -0.2) is 18.2 Å². The predicted molar refractivity (Wildman–Crippen MR) is 75.0 cm³/mol. The first-order valence-corrected chi connectivity index (χ1v) is 6.20. The molecule has 0 unspecified atom stereocenters. The maximum Gasteiger partial charge on any atom is 0.338 e. The second-order valence-corrected chi connectivity index (χ2v) is 4.43. The van der Waals surface area contributed by atoms with Gasteiger partial charge in [-0.15, -0.1) is 0 Å². The molecule has 0 heterocycles. The number of methoxy groups -OCH3 is 1. The predicted octanol–water partition coefficient (Wildman–Crippen LogP) is 3.07. The van der Waals surface area contributed by atoms with Crippen LogP contribution in [0.5, 0.6) is 11.5 Å². The van der Waals surface area contributed by atoms with Crippen LogP contribution in [0.2, 0.25) is 0 Å². The van der Waals surface area contributed by atoms with Crippen LogP contribution in [0.1, 0.15) is 21.5 Å². The Morgan fingerprint density at radius 3 is 2.70 bits per heavy atom. The van der Waals surface area contributed by atoms with Crippen LogP contribution in [-0.2, 0) is 11.3 Å². The molecule has 2 rings (SSSR count). The van der Waals surface area contributed by atoms with Crippen LogP contribution in [0, 0.1) is 6.92 Å². The molecule has 104 valence electrons. The van der Waals surface area contributed by atoms with Gasteiger partial charge >= 0.3 is 5.97 Å². The molecule has 0 aliphatic rings. The second-order valence-electron chi connectivity index (χ2n) is 4.43. The summed E-state index contributed by atoms with van der Waals surface area (Å²) in [6, 6.07) is 12.0. The Balaban J connectivity index is 2.02. The van der Waals surface area contributed by atoms with Crippen molar-refractivity contribution >= 4 is 5.97 Å². The van der Waals surface area contributed by atoms with Crippen molar-refractivity contribution in [1.82, 2.24) is 0 Å². The molecular formula is C16H16O4. The van der Waals surface area contributed by atoms with E-state index in [1.165, 1.54) is 6.07 Å². The summed E-state index contributed by atoms with van der Waals surface area (Å²) in [6.45, 7) is 1.92. The van der Waals surface area contributed by atoms with E-state index in [2.05, 4.69) is 0 Å². The fourth-order valence-electron chi connectivity index (χ4n) is 1.73. The first-order chi connectivity index (χ1) is 9.60. The molecule has 2 aromatic rings. The van der Waals surface area contributed by atoms with Gasteiger partial charge in [0.25, 0.3) is 0 Å². The summed E-state index contributed by atoms with van der Waals surface area (Å²) in [5.41, 5.74) is 1.89. The third-order valence-electron chi connectivity index (χ3n) is 2.95. The molecule has 0 atom stereocenters. The van der Waals surface area contributed by atoms with E-state index in [1.54, 1.807) is 32.2 Å². The standard InChI is InChI=1S/C16H16O4/c1-11-6-7-13(9-15(11)17)16(18)20-10-12-4-3-5-14(8-12)19-2/h3-9,17H,10H2,1-2H3. The molecule has 0 bridgehead atoms. The monoisotopic (exact) mass is 272 g/mol. The van der Waals surface area contributed by atoms with Gasteiger partial charge in [0, 0.05) is 0 Å². The normalized spacial score (nSPS) is 10.1. The largest absolute Gasteiger partial charge is 0.508 e. The minimum atomic E-state index is -0.469. The Morgan fingerprint density at radius 2 is 2.00 bits per heavy atom. The Hall–Kier alpha value is -2.49. The van der Waals surface area contributed by atoms with Crippen molar-refractivity contribution in [1.29, 1.82) is 0 Å². The summed E-state index contributed by atoms with van der Waals surface area (Å²) in [4.78, 5) is 11.9. The van der Waals surface area contributed by atoms with Gasteiger partial charge in [-0.1, -0.05) is 18.2 Å². The number of ether oxygens (including phenoxy) is 2. The molecule has 20 heavy (non-hydrogen) atoms. The van der Waals surface area contributed by atoms with Crippen LogP contribution in [0.4, 0.5) is 0 Å². The number of phenols is 1. The number of phenolic OH excluding ortho intramolecular Hbond substituents is 1. The number of aryl methyl sites for hydroxylation is 1. The van der Waals surface area contributed by atoms with Crippen LogP contribution in [0.3, 0.4) is 0 Å². The maximum absolute atomic E-state index is 11.9. The smallest absolute Gasteiger partial charge is 0.338 e. The fourth-order valence-corrected chi connectivity index (χ4v) is 1.73. The maximum atomic E-state index is 11.9. The van der Waals surface area contributed by atoms with Crippen LogP contribution in [0.15, 0.2) is 42.5 Å². The molecule has 0 radical (unpaired) electrons. The Labute approximate surface area is 117 Å². The van der Waals surface area contributed by atoms with Gasteiger partial charge < -0.3 is 14.6 Å². The van der Waals surface area contributed by atoms with Gasteiger partial charge in [0.1, 0.15) is 18.1 Å². The lowest BCUT2D eigenvalue weighted by molar-refractivity contribution is 0.0472. The summed E-state index contributed by atoms with van der Waals surface area (Å²) >= 11 is 0. The number of benzene rings is 2. The molecule has 1 N–H and O–H groups in total. The molecule has 0 saturated carbocycles. The lowest BCUT2D eigenvalue weighted by atomic mass is 10.1. The van der Waals surface area contributed by atoms with E-state index < -0.39 is 5.97 Å². The highest BCUT2D eigenvalue weighted by molar-refractivity contribution is 5.90. The topological polar surface area (TPSA) is 55.8 Å². The van der Waals surface area contributed by atoms with Crippen molar-refractivity contribution in [3.05, 3.63) is 59.2 Å². The molecule has 4 heteroatoms. The molecule has 0 saturated heterocycles. The zero-order valence-corrected chi connectivity index (χ0v) is 11.4. The van der Waals surface area contributed by atoms with Crippen molar-refractivity contribution in [3.63, 3.8) is 0 Å². The summed E-state index contributed by atoms with van der Waals surface area (Å²) < 4.78 is 10.3. The van der Waals surface area contributed by atoms with E-state index in [0.29, 0.717) is 16.9 Å². The molecule has 0 amide bonds. The van der Waals surface area contributed by atoms with Gasteiger partial charge in [-0.3, -0.25) is 0 Å². The van der Waals surface area contributed by atoms with Crippen LogP contribution in [0.25, 0.3) is 0 Å². The third kappa shape index (κ3) is 3.29. The lowest BCUT2D eigenvalue weighted by Crippen LogP contribution is -2.05. The van der Waals surface area contributed by atoms with Crippen molar-refractivity contribution in [3.8, 4) is 11.5 Å². The molecular weight excluding hydrogens is 256 g/mol. The molecule has 0 aliphatic heterocycles. The van der Waals surface area contributed by atoms with Gasteiger partial charge in [0.15, 0.2) is 0 Å². The number of esters is 1. The summed E-state index contributed by atoms with van der Waals surface area (Å²) in [5, 5.41) is 9.58. The van der Waals surface area contributed by atoms with E-state index in [4.69, 9.17) is 9.47 Å². The summed E-state index contributed by atoms with van der Waals surface area (Å²) in [7, 11) is 1.58. The Kier molecular flexibility index (Phi) is 4.25. The van der Waals surface area contributed by atoms with E-state index in [1.807, 2.05) is 18.2 Å². The highest BCUT2D eigenvalue weighted by Crippen LogP contribution is 2.19.